The number of amides is 2. The van der Waals surface area contributed by atoms with Crippen LogP contribution in [0.3, 0.4) is 0 Å². The fourth-order valence-corrected chi connectivity index (χ4v) is 3.99. The molecule has 1 fully saturated rings. The van der Waals surface area contributed by atoms with E-state index < -0.39 is 0 Å². The fourth-order valence-electron chi connectivity index (χ4n) is 2.85. The Kier molecular flexibility index (Phi) is 7.13. The van der Waals surface area contributed by atoms with E-state index in [0.29, 0.717) is 31.2 Å². The molecule has 2 heterocycles. The summed E-state index contributed by atoms with van der Waals surface area (Å²) in [6.45, 7) is 1.33. The fraction of sp³-hybridized carbons (Fsp3) is 0.350. The number of nitrogens with zero attached hydrogens (tertiary/aromatic N) is 2. The summed E-state index contributed by atoms with van der Waals surface area (Å²) < 4.78 is 11.1. The van der Waals surface area contributed by atoms with Gasteiger partial charge in [0.25, 0.3) is 0 Å². The number of nitrogens with one attached hydrogen (secondary N) is 1. The molecule has 0 aliphatic carbocycles. The molecule has 0 bridgehead atoms. The Morgan fingerprint density at radius 3 is 2.71 bits per heavy atom. The molecule has 0 spiro atoms. The molecule has 1 atom stereocenters. The average molecular weight is 401 g/mol. The molecule has 1 N–H and O–H groups in total. The maximum atomic E-state index is 12.6. The minimum Gasteiger partial charge on any atom is -0.493 e. The van der Waals surface area contributed by atoms with Gasteiger partial charge in [0.2, 0.25) is 11.8 Å². The zero-order valence-corrected chi connectivity index (χ0v) is 16.5. The minimum absolute atomic E-state index is 0.120. The lowest BCUT2D eigenvalue weighted by molar-refractivity contribution is -0.136. The zero-order valence-electron chi connectivity index (χ0n) is 15.7. The predicted molar refractivity (Wildman–Crippen MR) is 107 cm³/mol. The van der Waals surface area contributed by atoms with Crippen molar-refractivity contribution in [2.45, 2.75) is 18.3 Å². The lowest BCUT2D eigenvalue weighted by Crippen LogP contribution is -2.40. The summed E-state index contributed by atoms with van der Waals surface area (Å²) in [7, 11) is 1.59. The third-order valence-electron chi connectivity index (χ3n) is 4.31. The van der Waals surface area contributed by atoms with Crippen molar-refractivity contribution < 1.29 is 19.1 Å². The highest BCUT2D eigenvalue weighted by atomic mass is 32.2. The van der Waals surface area contributed by atoms with Gasteiger partial charge >= 0.3 is 0 Å². The van der Waals surface area contributed by atoms with E-state index in [1.165, 1.54) is 0 Å². The summed E-state index contributed by atoms with van der Waals surface area (Å²) in [4.78, 5) is 30.3. The number of ether oxygens (including phenoxy) is 2. The number of benzene rings is 1. The summed E-state index contributed by atoms with van der Waals surface area (Å²) in [5, 5.41) is 2.65. The molecule has 1 aromatic carbocycles. The van der Waals surface area contributed by atoms with Crippen LogP contribution in [0.4, 0.5) is 0 Å². The molecule has 1 aromatic heterocycles. The van der Waals surface area contributed by atoms with E-state index in [1.54, 1.807) is 36.2 Å². The highest BCUT2D eigenvalue weighted by Crippen LogP contribution is 2.29. The number of para-hydroxylation sites is 2. The van der Waals surface area contributed by atoms with Crippen LogP contribution in [-0.4, -0.2) is 53.1 Å². The smallest absolute Gasteiger partial charge is 0.233 e. The Morgan fingerprint density at radius 2 is 1.96 bits per heavy atom. The van der Waals surface area contributed by atoms with E-state index in [9.17, 15) is 9.59 Å². The van der Waals surface area contributed by atoms with Crippen molar-refractivity contribution in [3.63, 3.8) is 0 Å². The lowest BCUT2D eigenvalue weighted by atomic mass is 10.2. The molecule has 7 nitrogen and oxygen atoms in total. The van der Waals surface area contributed by atoms with Crippen LogP contribution in [0.1, 0.15) is 12.0 Å². The summed E-state index contributed by atoms with van der Waals surface area (Å²) in [5.74, 6) is 1.64. The predicted octanol–water partition coefficient (Wildman–Crippen LogP) is 2.08. The number of hydrogen-bond donors (Lipinski definition) is 1. The number of carbonyl (C=O) groups is 2. The van der Waals surface area contributed by atoms with Crippen molar-refractivity contribution >= 4 is 23.6 Å². The number of thioether (sulfide) groups is 1. The molecule has 0 radical (unpaired) electrons. The van der Waals surface area contributed by atoms with E-state index in [2.05, 4.69) is 10.3 Å². The molecule has 8 heteroatoms. The van der Waals surface area contributed by atoms with Gasteiger partial charge < -0.3 is 19.7 Å². The second-order valence-electron chi connectivity index (χ2n) is 6.18. The van der Waals surface area contributed by atoms with E-state index >= 15 is 0 Å². The van der Waals surface area contributed by atoms with Gasteiger partial charge in [0.1, 0.15) is 18.4 Å². The molecule has 1 unspecified atom stereocenters. The van der Waals surface area contributed by atoms with Gasteiger partial charge in [-0.25, -0.2) is 0 Å². The maximum Gasteiger partial charge on any atom is 0.233 e. The summed E-state index contributed by atoms with van der Waals surface area (Å²) in [6, 6.07) is 11.0. The van der Waals surface area contributed by atoms with Gasteiger partial charge in [0.05, 0.1) is 7.11 Å². The molecule has 28 heavy (non-hydrogen) atoms. The maximum absolute atomic E-state index is 12.6. The first-order valence-corrected chi connectivity index (χ1v) is 10.0. The van der Waals surface area contributed by atoms with Crippen molar-refractivity contribution in [2.75, 3.05) is 26.0 Å². The van der Waals surface area contributed by atoms with Gasteiger partial charge in [-0.05, 0) is 29.8 Å². The molecule has 1 saturated heterocycles. The van der Waals surface area contributed by atoms with Gasteiger partial charge in [-0.3, -0.25) is 14.6 Å². The van der Waals surface area contributed by atoms with Crippen LogP contribution in [0.5, 0.6) is 11.5 Å². The minimum atomic E-state index is -0.289. The number of pyridine rings is 1. The molecule has 1 aliphatic heterocycles. The molecule has 2 aromatic rings. The van der Waals surface area contributed by atoms with Crippen LogP contribution in [0.25, 0.3) is 0 Å². The molecule has 2 amide bonds. The Hall–Kier alpha value is -2.74. The summed E-state index contributed by atoms with van der Waals surface area (Å²) in [6.07, 6.45) is 3.16. The number of aromatic nitrogens is 1. The number of hydrogen-bond acceptors (Lipinski definition) is 6. The van der Waals surface area contributed by atoms with Gasteiger partial charge in [-0.1, -0.05) is 12.1 Å². The average Bonchev–Trinajstić information content (AvgIpc) is 3.20. The highest BCUT2D eigenvalue weighted by Gasteiger charge is 2.31. The Balaban J connectivity index is 1.49. The Bertz CT molecular complexity index is 803. The van der Waals surface area contributed by atoms with Crippen LogP contribution in [0.15, 0.2) is 48.8 Å². The van der Waals surface area contributed by atoms with Crippen LogP contribution in [-0.2, 0) is 16.1 Å². The molecule has 148 valence electrons. The first-order chi connectivity index (χ1) is 13.7. The normalized spacial score (nSPS) is 15.9. The molecular weight excluding hydrogens is 378 g/mol. The van der Waals surface area contributed by atoms with Crippen molar-refractivity contribution in [2.24, 2.45) is 0 Å². The number of methoxy groups -OCH3 is 1. The first-order valence-electron chi connectivity index (χ1n) is 9.00. The van der Waals surface area contributed by atoms with Crippen molar-refractivity contribution in [3.05, 3.63) is 54.4 Å². The number of carbonyl (C=O) groups excluding carboxylic acids is 2. The zero-order chi connectivity index (χ0) is 19.8. The third kappa shape index (κ3) is 5.39. The molecular formula is C20H23N3O4S. The van der Waals surface area contributed by atoms with Gasteiger partial charge in [0, 0.05) is 31.2 Å². The second kappa shape index (κ2) is 9.98. The first kappa shape index (κ1) is 20.0. The van der Waals surface area contributed by atoms with Crippen LogP contribution in [0, 0.1) is 0 Å². The molecule has 1 aliphatic rings. The third-order valence-corrected chi connectivity index (χ3v) is 5.51. The van der Waals surface area contributed by atoms with Gasteiger partial charge in [-0.15, -0.1) is 11.8 Å². The second-order valence-corrected chi connectivity index (χ2v) is 7.47. The van der Waals surface area contributed by atoms with E-state index in [0.717, 1.165) is 11.3 Å². The largest absolute Gasteiger partial charge is 0.493 e. The van der Waals surface area contributed by atoms with Crippen molar-refractivity contribution in [1.29, 1.82) is 0 Å². The molecule has 0 saturated carbocycles. The quantitative estimate of drug-likeness (QED) is 0.682. The Labute approximate surface area is 168 Å². The van der Waals surface area contributed by atoms with Gasteiger partial charge in [-0.2, -0.15) is 0 Å². The van der Waals surface area contributed by atoms with E-state index in [-0.39, 0.29) is 23.6 Å². The Morgan fingerprint density at radius 1 is 1.21 bits per heavy atom. The van der Waals surface area contributed by atoms with Crippen molar-refractivity contribution in [3.8, 4) is 11.5 Å². The summed E-state index contributed by atoms with van der Waals surface area (Å²) in [5.41, 5.74) is 0.940. The monoisotopic (exact) mass is 401 g/mol. The van der Waals surface area contributed by atoms with Crippen LogP contribution >= 0.6 is 11.8 Å². The topological polar surface area (TPSA) is 80.8 Å². The van der Waals surface area contributed by atoms with E-state index in [1.807, 2.05) is 36.4 Å². The molecule has 3 rings (SSSR count). The highest BCUT2D eigenvalue weighted by molar-refractivity contribution is 8.00. The van der Waals surface area contributed by atoms with Crippen molar-refractivity contribution in [1.82, 2.24) is 15.2 Å². The van der Waals surface area contributed by atoms with E-state index in [4.69, 9.17) is 9.47 Å². The lowest BCUT2D eigenvalue weighted by Gasteiger charge is -2.24. The SMILES string of the molecule is COc1ccccc1OCC1SCCN1C(=O)CC(=O)NCc1ccncc1. The van der Waals surface area contributed by atoms with Gasteiger partial charge in [0.15, 0.2) is 11.5 Å². The van der Waals surface area contributed by atoms with Crippen LogP contribution < -0.4 is 14.8 Å². The number of rotatable bonds is 8. The standard InChI is InChI=1S/C20H23N3O4S/c1-26-16-4-2-3-5-17(16)27-14-20-23(10-11-28-20)19(25)12-18(24)22-13-15-6-8-21-9-7-15/h2-9,20H,10-14H2,1H3,(H,22,24). The summed E-state index contributed by atoms with van der Waals surface area (Å²) >= 11 is 1.65. The van der Waals surface area contributed by atoms with Crippen LogP contribution in [0.2, 0.25) is 0 Å².